The van der Waals surface area contributed by atoms with Gasteiger partial charge < -0.3 is 5.11 Å². The topological polar surface area (TPSA) is 83.5 Å². The first-order chi connectivity index (χ1) is 8.48. The van der Waals surface area contributed by atoms with Crippen molar-refractivity contribution in [2.24, 2.45) is 0 Å². The van der Waals surface area contributed by atoms with Crippen molar-refractivity contribution < 1.29 is 18.3 Å². The van der Waals surface area contributed by atoms with Gasteiger partial charge in [-0.2, -0.15) is 11.8 Å². The minimum atomic E-state index is -3.29. The highest BCUT2D eigenvalue weighted by Crippen LogP contribution is 2.04. The van der Waals surface area contributed by atoms with Gasteiger partial charge >= 0.3 is 5.97 Å². The van der Waals surface area contributed by atoms with Gasteiger partial charge in [-0.25, -0.2) is 13.1 Å². The van der Waals surface area contributed by atoms with E-state index in [0.717, 1.165) is 25.0 Å². The molecule has 0 aliphatic carbocycles. The number of thioether (sulfide) groups is 1. The summed E-state index contributed by atoms with van der Waals surface area (Å²) in [6.45, 7) is 0.453. The Morgan fingerprint density at radius 2 is 1.83 bits per heavy atom. The molecule has 7 heteroatoms. The molecule has 0 radical (unpaired) electrons. The van der Waals surface area contributed by atoms with Gasteiger partial charge in [0.1, 0.15) is 0 Å². The lowest BCUT2D eigenvalue weighted by atomic mass is 10.2. The van der Waals surface area contributed by atoms with Gasteiger partial charge in [0, 0.05) is 13.0 Å². The molecule has 18 heavy (non-hydrogen) atoms. The standard InChI is InChI=1S/C11H23NO4S2/c1-17-9-5-3-2-4-8-12-18(15,16)10-6-7-11(13)14/h12H,2-10H2,1H3,(H,13,14). The molecule has 0 unspecified atom stereocenters. The molecule has 0 saturated heterocycles. The summed E-state index contributed by atoms with van der Waals surface area (Å²) in [5.41, 5.74) is 0. The van der Waals surface area contributed by atoms with E-state index in [1.807, 2.05) is 11.8 Å². The first-order valence-electron chi connectivity index (χ1n) is 6.16. The van der Waals surface area contributed by atoms with Crippen LogP contribution >= 0.6 is 11.8 Å². The largest absolute Gasteiger partial charge is 0.481 e. The van der Waals surface area contributed by atoms with Gasteiger partial charge in [-0.1, -0.05) is 12.8 Å². The third-order valence-electron chi connectivity index (χ3n) is 2.40. The second kappa shape index (κ2) is 10.6. The zero-order chi connectivity index (χ0) is 13.9. The molecule has 0 amide bonds. The number of sulfonamides is 1. The van der Waals surface area contributed by atoms with E-state index in [0.29, 0.717) is 6.54 Å². The van der Waals surface area contributed by atoms with Crippen LogP contribution in [0.4, 0.5) is 0 Å². The number of hydrogen-bond donors (Lipinski definition) is 2. The first kappa shape index (κ1) is 17.7. The summed E-state index contributed by atoms with van der Waals surface area (Å²) in [5.74, 6) is 0.0890. The fourth-order valence-corrected chi connectivity index (χ4v) is 3.06. The van der Waals surface area contributed by atoms with Gasteiger partial charge in [-0.05, 0) is 31.3 Å². The third kappa shape index (κ3) is 12.2. The molecule has 0 fully saturated rings. The maximum atomic E-state index is 11.4. The van der Waals surface area contributed by atoms with E-state index in [4.69, 9.17) is 5.11 Å². The second-order valence-electron chi connectivity index (χ2n) is 4.12. The zero-order valence-corrected chi connectivity index (χ0v) is 12.5. The summed E-state index contributed by atoms with van der Waals surface area (Å²) in [6, 6.07) is 0. The Kier molecular flexibility index (Phi) is 10.5. The van der Waals surface area contributed by atoms with Crippen LogP contribution in [0.3, 0.4) is 0 Å². The quantitative estimate of drug-likeness (QED) is 0.536. The maximum absolute atomic E-state index is 11.4. The molecule has 108 valence electrons. The van der Waals surface area contributed by atoms with Crippen LogP contribution in [0.25, 0.3) is 0 Å². The molecule has 2 N–H and O–H groups in total. The van der Waals surface area contributed by atoms with E-state index >= 15 is 0 Å². The molecule has 0 bridgehead atoms. The fourth-order valence-electron chi connectivity index (χ4n) is 1.44. The van der Waals surface area contributed by atoms with Crippen LogP contribution in [-0.2, 0) is 14.8 Å². The van der Waals surface area contributed by atoms with Crippen LogP contribution < -0.4 is 4.72 Å². The molecular formula is C11H23NO4S2. The second-order valence-corrected chi connectivity index (χ2v) is 7.03. The zero-order valence-electron chi connectivity index (χ0n) is 10.9. The predicted molar refractivity (Wildman–Crippen MR) is 75.5 cm³/mol. The minimum absolute atomic E-state index is 0.102. The number of aliphatic carboxylic acids is 1. The summed E-state index contributed by atoms with van der Waals surface area (Å²) < 4.78 is 25.4. The van der Waals surface area contributed by atoms with E-state index < -0.39 is 16.0 Å². The van der Waals surface area contributed by atoms with E-state index in [1.54, 1.807) is 0 Å². The van der Waals surface area contributed by atoms with Crippen LogP contribution in [0.1, 0.15) is 38.5 Å². The fraction of sp³-hybridized carbons (Fsp3) is 0.909. The van der Waals surface area contributed by atoms with Crippen LogP contribution in [-0.4, -0.2) is 43.8 Å². The summed E-state index contributed by atoms with van der Waals surface area (Å²) in [7, 11) is -3.29. The summed E-state index contributed by atoms with van der Waals surface area (Å²) in [5, 5.41) is 8.41. The number of rotatable bonds is 12. The molecule has 0 aromatic carbocycles. The van der Waals surface area contributed by atoms with Gasteiger partial charge in [0.05, 0.1) is 5.75 Å². The Morgan fingerprint density at radius 1 is 1.17 bits per heavy atom. The minimum Gasteiger partial charge on any atom is -0.481 e. The Hall–Kier alpha value is -0.270. The van der Waals surface area contributed by atoms with Crippen molar-refractivity contribution in [3.63, 3.8) is 0 Å². The Bertz CT molecular complexity index is 317. The molecule has 0 aliphatic heterocycles. The highest BCUT2D eigenvalue weighted by atomic mass is 32.2. The number of unbranched alkanes of at least 4 members (excludes halogenated alkanes) is 3. The van der Waals surface area contributed by atoms with Gasteiger partial charge in [0.15, 0.2) is 0 Å². The molecular weight excluding hydrogens is 274 g/mol. The lowest BCUT2D eigenvalue weighted by molar-refractivity contribution is -0.137. The van der Waals surface area contributed by atoms with Crippen molar-refractivity contribution in [2.45, 2.75) is 38.5 Å². The molecule has 0 rings (SSSR count). The highest BCUT2D eigenvalue weighted by molar-refractivity contribution is 7.98. The molecule has 0 atom stereocenters. The molecule has 0 aliphatic rings. The lowest BCUT2D eigenvalue weighted by Crippen LogP contribution is -2.27. The Balaban J connectivity index is 3.49. The van der Waals surface area contributed by atoms with E-state index in [2.05, 4.69) is 11.0 Å². The lowest BCUT2D eigenvalue weighted by Gasteiger charge is -2.05. The molecule has 0 heterocycles. The average molecular weight is 297 g/mol. The molecule has 5 nitrogen and oxygen atoms in total. The first-order valence-corrected chi connectivity index (χ1v) is 9.20. The summed E-state index contributed by atoms with van der Waals surface area (Å²) >= 11 is 1.82. The van der Waals surface area contributed by atoms with E-state index in [1.165, 1.54) is 6.42 Å². The van der Waals surface area contributed by atoms with Crippen molar-refractivity contribution in [1.29, 1.82) is 0 Å². The van der Waals surface area contributed by atoms with Crippen molar-refractivity contribution in [2.75, 3.05) is 24.3 Å². The number of carboxylic acids is 1. The maximum Gasteiger partial charge on any atom is 0.303 e. The Labute approximate surface area is 114 Å². The highest BCUT2D eigenvalue weighted by Gasteiger charge is 2.10. The van der Waals surface area contributed by atoms with Crippen molar-refractivity contribution >= 4 is 27.8 Å². The van der Waals surface area contributed by atoms with Gasteiger partial charge in [-0.15, -0.1) is 0 Å². The van der Waals surface area contributed by atoms with Crippen molar-refractivity contribution in [3.05, 3.63) is 0 Å². The monoisotopic (exact) mass is 297 g/mol. The summed E-state index contributed by atoms with van der Waals surface area (Å²) in [6.07, 6.45) is 6.30. The third-order valence-corrected chi connectivity index (χ3v) is 4.57. The summed E-state index contributed by atoms with van der Waals surface area (Å²) in [4.78, 5) is 10.3. The number of carboxylic acid groups (broad SMARTS) is 1. The van der Waals surface area contributed by atoms with Crippen molar-refractivity contribution in [1.82, 2.24) is 4.72 Å². The van der Waals surface area contributed by atoms with Gasteiger partial charge in [0.25, 0.3) is 0 Å². The van der Waals surface area contributed by atoms with Crippen LogP contribution in [0.15, 0.2) is 0 Å². The Morgan fingerprint density at radius 3 is 2.44 bits per heavy atom. The van der Waals surface area contributed by atoms with E-state index in [9.17, 15) is 13.2 Å². The van der Waals surface area contributed by atoms with Crippen molar-refractivity contribution in [3.8, 4) is 0 Å². The number of carbonyl (C=O) groups is 1. The smallest absolute Gasteiger partial charge is 0.303 e. The van der Waals surface area contributed by atoms with Gasteiger partial charge in [0.2, 0.25) is 10.0 Å². The van der Waals surface area contributed by atoms with Gasteiger partial charge in [-0.3, -0.25) is 4.79 Å². The van der Waals surface area contributed by atoms with Crippen LogP contribution in [0, 0.1) is 0 Å². The normalized spacial score (nSPS) is 11.6. The SMILES string of the molecule is CSCCCCCCNS(=O)(=O)CCCC(=O)O. The van der Waals surface area contributed by atoms with E-state index in [-0.39, 0.29) is 18.6 Å². The molecule has 0 aromatic rings. The number of nitrogens with one attached hydrogen (secondary N) is 1. The van der Waals surface area contributed by atoms with Crippen LogP contribution in [0.5, 0.6) is 0 Å². The molecule has 0 aromatic heterocycles. The average Bonchev–Trinajstić information content (AvgIpc) is 2.27. The predicted octanol–water partition coefficient (Wildman–Crippen LogP) is 1.69. The molecule has 0 saturated carbocycles. The molecule has 0 spiro atoms. The number of hydrogen-bond acceptors (Lipinski definition) is 4. The van der Waals surface area contributed by atoms with Crippen LogP contribution in [0.2, 0.25) is 0 Å².